The van der Waals surface area contributed by atoms with Crippen LogP contribution in [0.4, 0.5) is 0 Å². The highest BCUT2D eigenvalue weighted by Gasteiger charge is 2.38. The summed E-state index contributed by atoms with van der Waals surface area (Å²) in [4.78, 5) is 2.33. The van der Waals surface area contributed by atoms with Gasteiger partial charge in [0.05, 0.1) is 18.1 Å². The zero-order valence-electron chi connectivity index (χ0n) is 20.6. The Balaban J connectivity index is 1.96. The Morgan fingerprint density at radius 1 is 0.556 bits per heavy atom. The average molecular weight is 523 g/mol. The summed E-state index contributed by atoms with van der Waals surface area (Å²) in [5.41, 5.74) is 0.966. The Morgan fingerprint density at radius 3 is 1.42 bits per heavy atom. The molecule has 4 aromatic carbocycles. The van der Waals surface area contributed by atoms with Crippen LogP contribution in [0, 0.1) is 6.92 Å². The third kappa shape index (κ3) is 5.43. The maximum Gasteiger partial charge on any atom is 0.307 e. The van der Waals surface area contributed by atoms with E-state index in [0.717, 1.165) is 20.2 Å². The molecular weight excluding hydrogens is 492 g/mol. The Morgan fingerprint density at radius 2 is 0.972 bits per heavy atom. The molecule has 188 valence electrons. The smallest absolute Gasteiger partial charge is 0.307 e. The largest absolute Gasteiger partial charge is 0.494 e. The van der Waals surface area contributed by atoms with E-state index in [1.807, 2.05) is 99.6 Å². The first-order valence-corrected chi connectivity index (χ1v) is 14.7. The average Bonchev–Trinajstić information content (AvgIpc) is 2.89. The van der Waals surface area contributed by atoms with Crippen LogP contribution in [0.1, 0.15) is 19.4 Å². The van der Waals surface area contributed by atoms with Crippen LogP contribution in [0.5, 0.6) is 11.5 Å². The van der Waals surface area contributed by atoms with Gasteiger partial charge in [0.25, 0.3) is 0 Å². The van der Waals surface area contributed by atoms with Gasteiger partial charge in [-0.3, -0.25) is 0 Å². The summed E-state index contributed by atoms with van der Waals surface area (Å²) in [7, 11) is -6.86. The molecule has 0 bridgehead atoms. The number of hydrogen-bond acceptors (Lipinski definition) is 5. The fraction of sp³-hybridized carbons (Fsp3) is 0.172. The van der Waals surface area contributed by atoms with Crippen molar-refractivity contribution in [3.63, 3.8) is 0 Å². The van der Waals surface area contributed by atoms with E-state index in [9.17, 15) is 8.42 Å². The van der Waals surface area contributed by atoms with Crippen LogP contribution in [0.25, 0.3) is 0 Å². The van der Waals surface area contributed by atoms with Gasteiger partial charge in [0.1, 0.15) is 11.5 Å². The summed E-state index contributed by atoms with van der Waals surface area (Å²) < 4.78 is 45.2. The summed E-state index contributed by atoms with van der Waals surface area (Å²) in [6, 6.07) is 31.1. The molecule has 0 fully saturated rings. The fourth-order valence-electron chi connectivity index (χ4n) is 3.81. The van der Waals surface area contributed by atoms with Crippen molar-refractivity contribution in [3.8, 4) is 11.5 Å². The zero-order chi connectivity index (χ0) is 25.6. The first-order chi connectivity index (χ1) is 17.4. The van der Waals surface area contributed by atoms with Crippen LogP contribution in [-0.4, -0.2) is 21.6 Å². The molecule has 4 aromatic rings. The second-order valence-electron chi connectivity index (χ2n) is 8.01. The van der Waals surface area contributed by atoms with Gasteiger partial charge in [0.15, 0.2) is 0 Å². The molecule has 5 nitrogen and oxygen atoms in total. The molecule has 0 aromatic heterocycles. The molecule has 0 heterocycles. The van der Waals surface area contributed by atoms with E-state index >= 15 is 0 Å². The predicted octanol–water partition coefficient (Wildman–Crippen LogP) is 7.39. The fourth-order valence-corrected chi connectivity index (χ4v) is 9.00. The van der Waals surface area contributed by atoms with Crippen LogP contribution in [0.15, 0.2) is 123 Å². The van der Waals surface area contributed by atoms with Crippen molar-refractivity contribution >= 4 is 20.4 Å². The SMILES string of the molecule is CCOc1ccc(S(OS(=O)(=O)c2ccc(C)cc2)(c2ccccc2)c2ccc(OCC)cc2)cc1. The topological polar surface area (TPSA) is 61.8 Å². The first kappa shape index (κ1) is 25.8. The van der Waals surface area contributed by atoms with Crippen LogP contribution >= 0.6 is 10.3 Å². The van der Waals surface area contributed by atoms with Gasteiger partial charge in [-0.05, 0) is 104 Å². The van der Waals surface area contributed by atoms with Crippen LogP contribution in [0.3, 0.4) is 0 Å². The minimum absolute atomic E-state index is 0.109. The van der Waals surface area contributed by atoms with E-state index < -0.39 is 20.4 Å². The maximum absolute atomic E-state index is 13.8. The van der Waals surface area contributed by atoms with Crippen molar-refractivity contribution in [1.82, 2.24) is 0 Å². The Labute approximate surface area is 215 Å². The standard InChI is InChI=1S/C29H30O5S2/c1-4-32-24-13-19-27(20-14-24)35(26-9-7-6-8-10-26,28-21-15-25(16-22-28)33-5-2)34-36(30,31)29-17-11-23(3)12-18-29/h6-22H,4-5H2,1-3H3. The molecule has 0 aliphatic heterocycles. The van der Waals surface area contributed by atoms with Crippen LogP contribution in [0.2, 0.25) is 0 Å². The van der Waals surface area contributed by atoms with E-state index in [-0.39, 0.29) is 4.90 Å². The zero-order valence-corrected chi connectivity index (χ0v) is 22.2. The van der Waals surface area contributed by atoms with E-state index in [0.29, 0.717) is 24.7 Å². The molecule has 0 amide bonds. The lowest BCUT2D eigenvalue weighted by atomic mass is 10.2. The number of aryl methyl sites for hydroxylation is 1. The normalized spacial score (nSPS) is 12.2. The second kappa shape index (κ2) is 11.2. The number of hydrogen-bond donors (Lipinski definition) is 0. The van der Waals surface area contributed by atoms with Crippen molar-refractivity contribution in [2.24, 2.45) is 0 Å². The van der Waals surface area contributed by atoms with Crippen LogP contribution < -0.4 is 9.47 Å². The van der Waals surface area contributed by atoms with Gasteiger partial charge in [0, 0.05) is 14.7 Å². The van der Waals surface area contributed by atoms with Crippen molar-refractivity contribution in [3.05, 3.63) is 109 Å². The Bertz CT molecular complexity index is 1320. The molecule has 0 N–H and O–H groups in total. The molecule has 4 rings (SSSR count). The summed E-state index contributed by atoms with van der Waals surface area (Å²) in [5, 5.41) is 0. The number of ether oxygens (including phenoxy) is 2. The highest BCUT2D eigenvalue weighted by Crippen LogP contribution is 2.70. The van der Waals surface area contributed by atoms with E-state index in [4.69, 9.17) is 13.1 Å². The molecule has 0 saturated heterocycles. The minimum atomic E-state index is -4.15. The lowest BCUT2D eigenvalue weighted by Crippen LogP contribution is -2.14. The molecule has 0 atom stereocenters. The third-order valence-corrected chi connectivity index (χ3v) is 10.7. The van der Waals surface area contributed by atoms with E-state index in [2.05, 4.69) is 0 Å². The molecule has 0 radical (unpaired) electrons. The molecule has 36 heavy (non-hydrogen) atoms. The minimum Gasteiger partial charge on any atom is -0.494 e. The van der Waals surface area contributed by atoms with Crippen LogP contribution in [-0.2, 0) is 13.7 Å². The van der Waals surface area contributed by atoms with E-state index in [1.165, 1.54) is 0 Å². The van der Waals surface area contributed by atoms with E-state index in [1.54, 1.807) is 24.3 Å². The Kier molecular flexibility index (Phi) is 8.04. The van der Waals surface area contributed by atoms with Gasteiger partial charge in [-0.2, -0.15) is 8.42 Å². The predicted molar refractivity (Wildman–Crippen MR) is 144 cm³/mol. The third-order valence-electron chi connectivity index (χ3n) is 5.51. The maximum atomic E-state index is 13.8. The quantitative estimate of drug-likeness (QED) is 0.217. The van der Waals surface area contributed by atoms with Crippen molar-refractivity contribution in [2.75, 3.05) is 13.2 Å². The van der Waals surface area contributed by atoms with Gasteiger partial charge < -0.3 is 9.47 Å². The summed E-state index contributed by atoms with van der Waals surface area (Å²) in [6.07, 6.45) is 0. The van der Waals surface area contributed by atoms with Gasteiger partial charge >= 0.3 is 10.1 Å². The summed E-state index contributed by atoms with van der Waals surface area (Å²) in [6.45, 7) is 6.83. The van der Waals surface area contributed by atoms with Crippen molar-refractivity contribution in [1.29, 1.82) is 0 Å². The van der Waals surface area contributed by atoms with Crippen molar-refractivity contribution in [2.45, 2.75) is 40.4 Å². The number of rotatable bonds is 10. The molecule has 0 saturated carbocycles. The highest BCUT2D eigenvalue weighted by molar-refractivity contribution is 8.33. The molecule has 0 aliphatic carbocycles. The van der Waals surface area contributed by atoms with Gasteiger partial charge in [-0.1, -0.05) is 35.9 Å². The van der Waals surface area contributed by atoms with Crippen molar-refractivity contribution < 1.29 is 21.5 Å². The summed E-state index contributed by atoms with van der Waals surface area (Å²) in [5.74, 6) is 1.41. The monoisotopic (exact) mass is 522 g/mol. The highest BCUT2D eigenvalue weighted by atomic mass is 32.3. The molecule has 7 heteroatoms. The number of benzene rings is 4. The molecule has 0 spiro atoms. The van der Waals surface area contributed by atoms with Gasteiger partial charge in [0.2, 0.25) is 0 Å². The molecule has 0 aliphatic rings. The lowest BCUT2D eigenvalue weighted by molar-refractivity contribution is 0.340. The van der Waals surface area contributed by atoms with Gasteiger partial charge in [-0.25, -0.2) is 3.63 Å². The molecule has 0 unspecified atom stereocenters. The van der Waals surface area contributed by atoms with Gasteiger partial charge in [-0.15, -0.1) is 0 Å². The Hall–Kier alpha value is -3.26. The molecular formula is C29H30O5S2. The summed E-state index contributed by atoms with van der Waals surface area (Å²) >= 11 is 0. The first-order valence-electron chi connectivity index (χ1n) is 11.8. The lowest BCUT2D eigenvalue weighted by Gasteiger charge is -2.39. The second-order valence-corrected chi connectivity index (χ2v) is 12.5.